The van der Waals surface area contributed by atoms with Crippen LogP contribution in [0.3, 0.4) is 0 Å². The van der Waals surface area contributed by atoms with Crippen molar-refractivity contribution in [2.45, 2.75) is 6.61 Å². The molecule has 0 saturated carbocycles. The average Bonchev–Trinajstić information content (AvgIpc) is 2.17. The van der Waals surface area contributed by atoms with Crippen molar-refractivity contribution in [1.29, 1.82) is 0 Å². The lowest BCUT2D eigenvalue weighted by Gasteiger charge is -2.08. The van der Waals surface area contributed by atoms with E-state index in [1.54, 1.807) is 13.2 Å². The van der Waals surface area contributed by atoms with Crippen LogP contribution in [0.5, 0.6) is 5.75 Å². The van der Waals surface area contributed by atoms with Crippen LogP contribution >= 0.6 is 15.9 Å². The number of methoxy groups -OCH3 is 2. The summed E-state index contributed by atoms with van der Waals surface area (Å²) >= 11 is 3.33. The van der Waals surface area contributed by atoms with Gasteiger partial charge in [0, 0.05) is 7.11 Å². The topological polar surface area (TPSA) is 35.5 Å². The fourth-order valence-corrected chi connectivity index (χ4v) is 1.91. The van der Waals surface area contributed by atoms with E-state index < -0.39 is 0 Å². The molecule has 0 radical (unpaired) electrons. The molecule has 76 valence electrons. The largest absolute Gasteiger partial charge is 0.495 e. The van der Waals surface area contributed by atoms with Crippen LogP contribution in [0.25, 0.3) is 0 Å². The Kier molecular flexibility index (Phi) is 4.10. The summed E-state index contributed by atoms with van der Waals surface area (Å²) in [6.07, 6.45) is 0.767. The zero-order valence-electron chi connectivity index (χ0n) is 8.04. The second kappa shape index (κ2) is 5.12. The number of ether oxygens (including phenoxy) is 2. The van der Waals surface area contributed by atoms with Crippen molar-refractivity contribution in [3.63, 3.8) is 0 Å². The standard InChI is InChI=1S/C10H11BrO3/c1-13-6-7-3-8(5-12)10(14-2)9(11)4-7/h3-5H,6H2,1-2H3. The van der Waals surface area contributed by atoms with Gasteiger partial charge >= 0.3 is 0 Å². The van der Waals surface area contributed by atoms with Crippen molar-refractivity contribution in [1.82, 2.24) is 0 Å². The second-order valence-electron chi connectivity index (χ2n) is 2.75. The summed E-state index contributed by atoms with van der Waals surface area (Å²) in [5.41, 5.74) is 1.45. The molecule has 0 amide bonds. The molecule has 0 aliphatic rings. The Morgan fingerprint density at radius 2 is 2.14 bits per heavy atom. The van der Waals surface area contributed by atoms with Crippen LogP contribution in [0.1, 0.15) is 15.9 Å². The molecule has 0 unspecified atom stereocenters. The minimum absolute atomic E-state index is 0.476. The Labute approximate surface area is 91.1 Å². The van der Waals surface area contributed by atoms with E-state index in [1.165, 1.54) is 7.11 Å². The van der Waals surface area contributed by atoms with Crippen LogP contribution in [0.4, 0.5) is 0 Å². The molecule has 0 bridgehead atoms. The van der Waals surface area contributed by atoms with E-state index in [-0.39, 0.29) is 0 Å². The lowest BCUT2D eigenvalue weighted by Crippen LogP contribution is -1.95. The van der Waals surface area contributed by atoms with Gasteiger partial charge in [-0.1, -0.05) is 0 Å². The number of carbonyl (C=O) groups excluding carboxylic acids is 1. The van der Waals surface area contributed by atoms with Crippen LogP contribution in [-0.2, 0) is 11.3 Å². The summed E-state index contributed by atoms with van der Waals surface area (Å²) in [7, 11) is 3.14. The number of halogens is 1. The first-order valence-electron chi connectivity index (χ1n) is 4.03. The van der Waals surface area contributed by atoms with Gasteiger partial charge in [-0.2, -0.15) is 0 Å². The highest BCUT2D eigenvalue weighted by atomic mass is 79.9. The number of hydrogen-bond donors (Lipinski definition) is 0. The van der Waals surface area contributed by atoms with Crippen molar-refractivity contribution in [3.05, 3.63) is 27.7 Å². The normalized spacial score (nSPS) is 9.93. The van der Waals surface area contributed by atoms with Gasteiger partial charge in [-0.15, -0.1) is 0 Å². The molecule has 0 heterocycles. The van der Waals surface area contributed by atoms with Crippen molar-refractivity contribution < 1.29 is 14.3 Å². The van der Waals surface area contributed by atoms with E-state index in [1.807, 2.05) is 6.07 Å². The van der Waals surface area contributed by atoms with Gasteiger partial charge in [0.25, 0.3) is 0 Å². The van der Waals surface area contributed by atoms with Gasteiger partial charge in [0.1, 0.15) is 5.75 Å². The predicted molar refractivity (Wildman–Crippen MR) is 56.8 cm³/mol. The summed E-state index contributed by atoms with van der Waals surface area (Å²) < 4.78 is 10.8. The van der Waals surface area contributed by atoms with E-state index in [2.05, 4.69) is 15.9 Å². The molecule has 0 N–H and O–H groups in total. The van der Waals surface area contributed by atoms with E-state index in [0.717, 1.165) is 16.3 Å². The number of aldehydes is 1. The zero-order chi connectivity index (χ0) is 10.6. The molecule has 0 spiro atoms. The molecule has 0 aliphatic carbocycles. The summed E-state index contributed by atoms with van der Waals surface area (Å²) in [6.45, 7) is 0.476. The zero-order valence-corrected chi connectivity index (χ0v) is 9.63. The molecular weight excluding hydrogens is 248 g/mol. The Hall–Kier alpha value is -0.870. The quantitative estimate of drug-likeness (QED) is 0.779. The van der Waals surface area contributed by atoms with Gasteiger partial charge in [0.15, 0.2) is 6.29 Å². The minimum atomic E-state index is 0.476. The molecule has 0 aliphatic heterocycles. The number of rotatable bonds is 4. The van der Waals surface area contributed by atoms with Gasteiger partial charge < -0.3 is 9.47 Å². The van der Waals surface area contributed by atoms with Crippen LogP contribution in [0.2, 0.25) is 0 Å². The Morgan fingerprint density at radius 1 is 1.43 bits per heavy atom. The van der Waals surface area contributed by atoms with Crippen molar-refractivity contribution in [2.24, 2.45) is 0 Å². The number of hydrogen-bond acceptors (Lipinski definition) is 3. The maximum atomic E-state index is 10.8. The lowest BCUT2D eigenvalue weighted by molar-refractivity contribution is 0.112. The molecule has 14 heavy (non-hydrogen) atoms. The van der Waals surface area contributed by atoms with Gasteiger partial charge in [0.05, 0.1) is 23.8 Å². The predicted octanol–water partition coefficient (Wildman–Crippen LogP) is 2.42. The smallest absolute Gasteiger partial charge is 0.153 e. The van der Waals surface area contributed by atoms with Gasteiger partial charge in [-0.3, -0.25) is 4.79 Å². The number of benzene rings is 1. The van der Waals surface area contributed by atoms with E-state index in [0.29, 0.717) is 17.9 Å². The second-order valence-corrected chi connectivity index (χ2v) is 3.61. The molecule has 0 saturated heterocycles. The first-order chi connectivity index (χ1) is 6.72. The highest BCUT2D eigenvalue weighted by Gasteiger charge is 2.08. The third kappa shape index (κ3) is 2.33. The van der Waals surface area contributed by atoms with Crippen molar-refractivity contribution >= 4 is 22.2 Å². The summed E-state index contributed by atoms with van der Waals surface area (Å²) in [5, 5.41) is 0. The number of carbonyl (C=O) groups is 1. The van der Waals surface area contributed by atoms with Gasteiger partial charge in [-0.25, -0.2) is 0 Å². The first kappa shape index (κ1) is 11.2. The molecule has 1 aromatic rings. The summed E-state index contributed by atoms with van der Waals surface area (Å²) in [5.74, 6) is 0.555. The van der Waals surface area contributed by atoms with Crippen molar-refractivity contribution in [2.75, 3.05) is 14.2 Å². The molecule has 4 heteroatoms. The van der Waals surface area contributed by atoms with E-state index in [9.17, 15) is 4.79 Å². The average molecular weight is 259 g/mol. The van der Waals surface area contributed by atoms with Gasteiger partial charge in [-0.05, 0) is 33.6 Å². The first-order valence-corrected chi connectivity index (χ1v) is 4.82. The van der Waals surface area contributed by atoms with Crippen molar-refractivity contribution in [3.8, 4) is 5.75 Å². The third-order valence-corrected chi connectivity index (χ3v) is 2.36. The SMILES string of the molecule is COCc1cc(Br)c(OC)c(C=O)c1. The molecule has 0 atom stereocenters. The lowest BCUT2D eigenvalue weighted by atomic mass is 10.1. The Bertz CT molecular complexity index is 336. The van der Waals surface area contributed by atoms with Crippen LogP contribution in [-0.4, -0.2) is 20.5 Å². The van der Waals surface area contributed by atoms with E-state index in [4.69, 9.17) is 9.47 Å². The molecule has 0 aromatic heterocycles. The highest BCUT2D eigenvalue weighted by Crippen LogP contribution is 2.29. The minimum Gasteiger partial charge on any atom is -0.495 e. The Morgan fingerprint density at radius 3 is 2.64 bits per heavy atom. The fourth-order valence-electron chi connectivity index (χ4n) is 1.23. The van der Waals surface area contributed by atoms with Gasteiger partial charge in [0.2, 0.25) is 0 Å². The summed E-state index contributed by atoms with van der Waals surface area (Å²) in [4.78, 5) is 10.8. The fraction of sp³-hybridized carbons (Fsp3) is 0.300. The monoisotopic (exact) mass is 258 g/mol. The third-order valence-electron chi connectivity index (χ3n) is 1.77. The highest BCUT2D eigenvalue weighted by molar-refractivity contribution is 9.10. The maximum absolute atomic E-state index is 10.8. The molecule has 3 nitrogen and oxygen atoms in total. The van der Waals surface area contributed by atoms with Crippen LogP contribution in [0.15, 0.2) is 16.6 Å². The Balaban J connectivity index is 3.17. The van der Waals surface area contributed by atoms with E-state index >= 15 is 0 Å². The molecule has 1 rings (SSSR count). The molecule has 0 fully saturated rings. The molecule has 1 aromatic carbocycles. The van der Waals surface area contributed by atoms with Crippen LogP contribution in [0, 0.1) is 0 Å². The molecular formula is C10H11BrO3. The van der Waals surface area contributed by atoms with Crippen LogP contribution < -0.4 is 4.74 Å². The maximum Gasteiger partial charge on any atom is 0.153 e. The summed E-state index contributed by atoms with van der Waals surface area (Å²) in [6, 6.07) is 3.62.